The molecule has 0 aliphatic heterocycles. The van der Waals surface area contributed by atoms with Gasteiger partial charge in [-0.3, -0.25) is 0 Å². The van der Waals surface area contributed by atoms with Crippen molar-refractivity contribution in [2.45, 2.75) is 0 Å². The van der Waals surface area contributed by atoms with Gasteiger partial charge in [0.1, 0.15) is 6.33 Å². The predicted octanol–water partition coefficient (Wildman–Crippen LogP) is 0.224. The van der Waals surface area contributed by atoms with Crippen molar-refractivity contribution in [1.82, 2.24) is 14.9 Å². The first-order valence-corrected chi connectivity index (χ1v) is 5.33. The molecule has 19 heavy (non-hydrogen) atoms. The van der Waals surface area contributed by atoms with E-state index < -0.39 is 0 Å². The van der Waals surface area contributed by atoms with Gasteiger partial charge >= 0.3 is 5.97 Å². The van der Waals surface area contributed by atoms with Crippen LogP contribution in [0.3, 0.4) is 0 Å². The van der Waals surface area contributed by atoms with Crippen LogP contribution in [0.15, 0.2) is 35.7 Å². The molecule has 0 fully saturated rings. The predicted molar refractivity (Wildman–Crippen MR) is 69.2 cm³/mol. The number of rotatable bonds is 4. The Bertz CT molecular complexity index is 589. The van der Waals surface area contributed by atoms with Gasteiger partial charge in [0.15, 0.2) is 0 Å². The lowest BCUT2D eigenvalue weighted by atomic mass is 10.1. The number of carbonyl (C=O) groups is 1. The average Bonchev–Trinajstić information content (AvgIpc) is 2.84. The van der Waals surface area contributed by atoms with Crippen molar-refractivity contribution < 1.29 is 9.53 Å². The Morgan fingerprint density at radius 2 is 2.21 bits per heavy atom. The number of hydrazone groups is 1. The maximum absolute atomic E-state index is 11.2. The van der Waals surface area contributed by atoms with Crippen LogP contribution in [-0.4, -0.2) is 34.2 Å². The van der Waals surface area contributed by atoms with Crippen molar-refractivity contribution in [3.8, 4) is 0 Å². The third kappa shape index (κ3) is 3.06. The number of hydrogen-bond donors (Lipinski definition) is 2. The van der Waals surface area contributed by atoms with Gasteiger partial charge in [-0.1, -0.05) is 12.1 Å². The van der Waals surface area contributed by atoms with Gasteiger partial charge in [-0.05, 0) is 17.7 Å². The van der Waals surface area contributed by atoms with Gasteiger partial charge in [0.25, 0.3) is 5.95 Å². The number of anilines is 1. The van der Waals surface area contributed by atoms with Gasteiger partial charge in [0, 0.05) is 0 Å². The monoisotopic (exact) mass is 260 g/mol. The van der Waals surface area contributed by atoms with Crippen molar-refractivity contribution in [3.05, 3.63) is 41.7 Å². The first kappa shape index (κ1) is 12.6. The van der Waals surface area contributed by atoms with E-state index in [9.17, 15) is 4.79 Å². The van der Waals surface area contributed by atoms with Gasteiger partial charge < -0.3 is 10.6 Å². The molecule has 0 atom stereocenters. The molecule has 98 valence electrons. The molecule has 8 heteroatoms. The van der Waals surface area contributed by atoms with Crippen LogP contribution in [0.2, 0.25) is 0 Å². The minimum atomic E-state index is -0.377. The summed E-state index contributed by atoms with van der Waals surface area (Å²) in [4.78, 5) is 11.2. The molecule has 3 N–H and O–H groups in total. The molecule has 2 aromatic rings. The number of esters is 1. The van der Waals surface area contributed by atoms with E-state index in [0.29, 0.717) is 11.5 Å². The second-order valence-electron chi connectivity index (χ2n) is 3.55. The standard InChI is InChI=1S/C11H12N6O2/c1-19-10(18)9-4-2-8(3-5-9)6-13-15-11-16-14-7-17(11)12/h2-7H,12H2,1H3,(H,15,16)/b13-6-. The van der Waals surface area contributed by atoms with Gasteiger partial charge in [-0.25, -0.2) is 14.9 Å². The highest BCUT2D eigenvalue weighted by molar-refractivity contribution is 5.90. The van der Waals surface area contributed by atoms with E-state index in [1.807, 2.05) is 0 Å². The summed E-state index contributed by atoms with van der Waals surface area (Å²) in [5.41, 5.74) is 3.92. The first-order chi connectivity index (χ1) is 9.20. The number of methoxy groups -OCH3 is 1. The number of nitrogens with one attached hydrogen (secondary N) is 1. The second kappa shape index (κ2) is 5.63. The Hall–Kier alpha value is -2.90. The van der Waals surface area contributed by atoms with Crippen molar-refractivity contribution >= 4 is 18.1 Å². The summed E-state index contributed by atoms with van der Waals surface area (Å²) in [5, 5.41) is 11.2. The summed E-state index contributed by atoms with van der Waals surface area (Å²) in [7, 11) is 1.34. The molecule has 0 unspecified atom stereocenters. The van der Waals surface area contributed by atoms with Crippen LogP contribution in [0.5, 0.6) is 0 Å². The Morgan fingerprint density at radius 3 is 2.79 bits per heavy atom. The van der Waals surface area contributed by atoms with Crippen LogP contribution in [-0.2, 0) is 4.74 Å². The topological polar surface area (TPSA) is 107 Å². The van der Waals surface area contributed by atoms with E-state index in [-0.39, 0.29) is 5.97 Å². The van der Waals surface area contributed by atoms with Crippen LogP contribution in [0.4, 0.5) is 5.95 Å². The number of aromatic nitrogens is 3. The molecule has 0 aliphatic carbocycles. The lowest BCUT2D eigenvalue weighted by Crippen LogP contribution is -2.10. The molecular formula is C11H12N6O2. The Labute approximate surface area is 108 Å². The van der Waals surface area contributed by atoms with Crippen molar-refractivity contribution in [1.29, 1.82) is 0 Å². The summed E-state index contributed by atoms with van der Waals surface area (Å²) in [6.45, 7) is 0. The maximum atomic E-state index is 11.2. The zero-order valence-electron chi connectivity index (χ0n) is 10.1. The normalized spacial score (nSPS) is 10.6. The van der Waals surface area contributed by atoms with Crippen LogP contribution in [0.25, 0.3) is 0 Å². The number of hydrogen-bond acceptors (Lipinski definition) is 7. The highest BCUT2D eigenvalue weighted by Crippen LogP contribution is 2.04. The fraction of sp³-hybridized carbons (Fsp3) is 0.0909. The van der Waals surface area contributed by atoms with E-state index in [1.165, 1.54) is 18.1 Å². The van der Waals surface area contributed by atoms with Crippen molar-refractivity contribution in [2.75, 3.05) is 18.4 Å². The van der Waals surface area contributed by atoms with Gasteiger partial charge in [0.2, 0.25) is 0 Å². The Morgan fingerprint density at radius 1 is 1.47 bits per heavy atom. The van der Waals surface area contributed by atoms with Crippen molar-refractivity contribution in [3.63, 3.8) is 0 Å². The minimum absolute atomic E-state index is 0.322. The van der Waals surface area contributed by atoms with Crippen LogP contribution >= 0.6 is 0 Å². The SMILES string of the molecule is COC(=O)c1ccc(/C=N\Nc2nncn2N)cc1. The van der Waals surface area contributed by atoms with E-state index in [0.717, 1.165) is 5.56 Å². The summed E-state index contributed by atoms with van der Waals surface area (Å²) < 4.78 is 5.81. The molecule has 0 amide bonds. The Kier molecular flexibility index (Phi) is 3.72. The lowest BCUT2D eigenvalue weighted by Gasteiger charge is -1.99. The molecule has 0 bridgehead atoms. The van der Waals surface area contributed by atoms with Crippen LogP contribution < -0.4 is 11.3 Å². The molecule has 2 rings (SSSR count). The second-order valence-corrected chi connectivity index (χ2v) is 3.55. The number of carbonyl (C=O) groups excluding carboxylic acids is 1. The number of nitrogens with two attached hydrogens (primary N) is 1. The molecular weight excluding hydrogens is 248 g/mol. The zero-order chi connectivity index (χ0) is 13.7. The molecule has 0 radical (unpaired) electrons. The molecule has 1 heterocycles. The van der Waals surface area contributed by atoms with Gasteiger partial charge in [0.05, 0.1) is 18.9 Å². The number of nitrogens with zero attached hydrogens (tertiary/aromatic N) is 4. The first-order valence-electron chi connectivity index (χ1n) is 5.33. The molecule has 0 saturated carbocycles. The van der Waals surface area contributed by atoms with Crippen molar-refractivity contribution in [2.24, 2.45) is 5.10 Å². The van der Waals surface area contributed by atoms with Gasteiger partial charge in [-0.15, -0.1) is 10.2 Å². The highest BCUT2D eigenvalue weighted by atomic mass is 16.5. The third-order valence-corrected chi connectivity index (χ3v) is 2.28. The molecule has 0 aliphatic rings. The van der Waals surface area contributed by atoms with E-state index in [4.69, 9.17) is 5.84 Å². The largest absolute Gasteiger partial charge is 0.465 e. The van der Waals surface area contributed by atoms with E-state index >= 15 is 0 Å². The molecule has 8 nitrogen and oxygen atoms in total. The fourth-order valence-corrected chi connectivity index (χ4v) is 1.31. The van der Waals surface area contributed by atoms with E-state index in [2.05, 4.69) is 25.5 Å². The molecule has 0 spiro atoms. The number of benzene rings is 1. The molecule has 1 aromatic carbocycles. The van der Waals surface area contributed by atoms with Crippen LogP contribution in [0, 0.1) is 0 Å². The molecule has 0 saturated heterocycles. The minimum Gasteiger partial charge on any atom is -0.465 e. The summed E-state index contributed by atoms with van der Waals surface area (Å²) >= 11 is 0. The number of ether oxygens (including phenoxy) is 1. The summed E-state index contributed by atoms with van der Waals surface area (Å²) in [5.74, 6) is 5.44. The smallest absolute Gasteiger partial charge is 0.337 e. The quantitative estimate of drug-likeness (QED) is 0.352. The molecule has 1 aromatic heterocycles. The van der Waals surface area contributed by atoms with E-state index in [1.54, 1.807) is 30.5 Å². The number of nitrogen functional groups attached to an aromatic ring is 1. The summed E-state index contributed by atoms with van der Waals surface area (Å²) in [6, 6.07) is 6.78. The van der Waals surface area contributed by atoms with Crippen LogP contribution in [0.1, 0.15) is 15.9 Å². The summed E-state index contributed by atoms with van der Waals surface area (Å²) in [6.07, 6.45) is 2.92. The lowest BCUT2D eigenvalue weighted by molar-refractivity contribution is 0.0601. The zero-order valence-corrected chi connectivity index (χ0v) is 10.1. The fourth-order valence-electron chi connectivity index (χ4n) is 1.31. The highest BCUT2D eigenvalue weighted by Gasteiger charge is 2.03. The Balaban J connectivity index is 2.00. The van der Waals surface area contributed by atoms with Gasteiger partial charge in [-0.2, -0.15) is 5.10 Å². The third-order valence-electron chi connectivity index (χ3n) is 2.28. The average molecular weight is 260 g/mol. The maximum Gasteiger partial charge on any atom is 0.337 e.